The molecule has 0 aliphatic carbocycles. The molecule has 0 unspecified atom stereocenters. The number of hydrogen-bond acceptors (Lipinski definition) is 4. The first-order valence-corrected chi connectivity index (χ1v) is 9.00. The zero-order valence-electron chi connectivity index (χ0n) is 14.3. The van der Waals surface area contributed by atoms with Gasteiger partial charge in [-0.25, -0.2) is 4.98 Å². The number of rotatable bonds is 4. The van der Waals surface area contributed by atoms with Crippen molar-refractivity contribution >= 4 is 17.2 Å². The number of benzene rings is 1. The molecule has 1 aromatic carbocycles. The first kappa shape index (κ1) is 16.7. The molecule has 24 heavy (non-hydrogen) atoms. The molecule has 0 N–H and O–H groups in total. The molecule has 1 amide bonds. The van der Waals surface area contributed by atoms with Crippen LogP contribution in [-0.4, -0.2) is 29.4 Å². The number of hydrogen-bond donors (Lipinski definition) is 0. The molecule has 2 heterocycles. The Morgan fingerprint density at radius 1 is 1.33 bits per heavy atom. The average Bonchev–Trinajstić information content (AvgIpc) is 3.03. The quantitative estimate of drug-likeness (QED) is 0.830. The summed E-state index contributed by atoms with van der Waals surface area (Å²) >= 11 is 1.66. The van der Waals surface area contributed by atoms with Crippen molar-refractivity contribution in [2.45, 2.75) is 32.7 Å². The standard InChI is InChI=1S/C19H22N2O2S/c1-13-17(24-18(20-13)15-8-5-4-6-9-15)14(2)21(3)19(22)16-10-7-11-23-12-16/h4-6,8-9,12,14H,7,10-11H2,1-3H3/t14-/m1/s1. The van der Waals surface area contributed by atoms with E-state index in [9.17, 15) is 4.79 Å². The van der Waals surface area contributed by atoms with Crippen molar-refractivity contribution < 1.29 is 9.53 Å². The fourth-order valence-electron chi connectivity index (χ4n) is 2.80. The summed E-state index contributed by atoms with van der Waals surface area (Å²) in [5.41, 5.74) is 2.85. The van der Waals surface area contributed by atoms with Crippen LogP contribution in [0.15, 0.2) is 42.2 Å². The maximum atomic E-state index is 12.7. The highest BCUT2D eigenvalue weighted by atomic mass is 32.1. The van der Waals surface area contributed by atoms with Gasteiger partial charge in [0.1, 0.15) is 5.01 Å². The van der Waals surface area contributed by atoms with Gasteiger partial charge in [0.15, 0.2) is 0 Å². The fraction of sp³-hybridized carbons (Fsp3) is 0.368. The smallest absolute Gasteiger partial charge is 0.253 e. The maximum Gasteiger partial charge on any atom is 0.253 e. The Labute approximate surface area is 146 Å². The van der Waals surface area contributed by atoms with Crippen LogP contribution in [0.5, 0.6) is 0 Å². The normalized spacial score (nSPS) is 15.4. The minimum Gasteiger partial charge on any atom is -0.501 e. The molecule has 1 aliphatic rings. The summed E-state index contributed by atoms with van der Waals surface area (Å²) in [4.78, 5) is 20.3. The van der Waals surface area contributed by atoms with Crippen LogP contribution in [0.25, 0.3) is 10.6 Å². The van der Waals surface area contributed by atoms with Crippen molar-refractivity contribution in [3.05, 3.63) is 52.7 Å². The predicted octanol–water partition coefficient (Wildman–Crippen LogP) is 4.33. The molecule has 126 valence electrons. The molecule has 5 heteroatoms. The van der Waals surface area contributed by atoms with E-state index in [2.05, 4.69) is 19.1 Å². The monoisotopic (exact) mass is 342 g/mol. The molecule has 0 fully saturated rings. The number of aromatic nitrogens is 1. The summed E-state index contributed by atoms with van der Waals surface area (Å²) in [6, 6.07) is 10.1. The minimum absolute atomic E-state index is 0.0183. The van der Waals surface area contributed by atoms with Gasteiger partial charge in [-0.3, -0.25) is 4.79 Å². The third kappa shape index (κ3) is 3.36. The Kier molecular flexibility index (Phi) is 5.00. The van der Waals surface area contributed by atoms with Gasteiger partial charge in [-0.2, -0.15) is 0 Å². The molecule has 0 saturated carbocycles. The van der Waals surface area contributed by atoms with Gasteiger partial charge in [-0.15, -0.1) is 11.3 Å². The molecule has 1 aliphatic heterocycles. The Bertz CT molecular complexity index is 752. The van der Waals surface area contributed by atoms with E-state index in [1.807, 2.05) is 32.2 Å². The van der Waals surface area contributed by atoms with Crippen molar-refractivity contribution in [2.75, 3.05) is 13.7 Å². The zero-order valence-corrected chi connectivity index (χ0v) is 15.1. The first-order chi connectivity index (χ1) is 11.6. The number of nitrogens with zero attached hydrogens (tertiary/aromatic N) is 2. The summed E-state index contributed by atoms with van der Waals surface area (Å²) in [6.07, 6.45) is 3.30. The van der Waals surface area contributed by atoms with Crippen molar-refractivity contribution in [1.82, 2.24) is 9.88 Å². The highest BCUT2D eigenvalue weighted by Crippen LogP contribution is 2.34. The predicted molar refractivity (Wildman–Crippen MR) is 96.7 cm³/mol. The number of ether oxygens (including phenoxy) is 1. The van der Waals surface area contributed by atoms with Gasteiger partial charge in [0.2, 0.25) is 0 Å². The van der Waals surface area contributed by atoms with Gasteiger partial charge < -0.3 is 9.64 Å². The van der Waals surface area contributed by atoms with Crippen molar-refractivity contribution in [3.63, 3.8) is 0 Å². The number of carbonyl (C=O) groups excluding carboxylic acids is 1. The van der Waals surface area contributed by atoms with Crippen LogP contribution in [0, 0.1) is 6.92 Å². The van der Waals surface area contributed by atoms with E-state index >= 15 is 0 Å². The lowest BCUT2D eigenvalue weighted by Crippen LogP contribution is -2.31. The Morgan fingerprint density at radius 2 is 2.08 bits per heavy atom. The van der Waals surface area contributed by atoms with Gasteiger partial charge in [0.25, 0.3) is 5.91 Å². The Hall–Kier alpha value is -2.14. The van der Waals surface area contributed by atoms with E-state index in [1.54, 1.807) is 22.5 Å². The number of aryl methyl sites for hydroxylation is 1. The van der Waals surface area contributed by atoms with E-state index in [4.69, 9.17) is 9.72 Å². The van der Waals surface area contributed by atoms with Crippen molar-refractivity contribution in [2.24, 2.45) is 0 Å². The third-order valence-electron chi connectivity index (χ3n) is 4.34. The van der Waals surface area contributed by atoms with E-state index < -0.39 is 0 Å². The van der Waals surface area contributed by atoms with Crippen LogP contribution in [0.2, 0.25) is 0 Å². The highest BCUT2D eigenvalue weighted by Gasteiger charge is 2.25. The van der Waals surface area contributed by atoms with Crippen LogP contribution in [-0.2, 0) is 9.53 Å². The largest absolute Gasteiger partial charge is 0.501 e. The van der Waals surface area contributed by atoms with Gasteiger partial charge in [-0.1, -0.05) is 30.3 Å². The van der Waals surface area contributed by atoms with Crippen LogP contribution in [0.4, 0.5) is 0 Å². The summed E-state index contributed by atoms with van der Waals surface area (Å²) in [5.74, 6) is 0.0382. The van der Waals surface area contributed by atoms with Crippen LogP contribution in [0.3, 0.4) is 0 Å². The van der Waals surface area contributed by atoms with E-state index in [0.29, 0.717) is 6.61 Å². The first-order valence-electron chi connectivity index (χ1n) is 8.18. The Balaban J connectivity index is 1.82. The minimum atomic E-state index is -0.0183. The molecule has 2 aromatic rings. The maximum absolute atomic E-state index is 12.7. The number of thiazole rings is 1. The van der Waals surface area contributed by atoms with Crippen LogP contribution >= 0.6 is 11.3 Å². The van der Waals surface area contributed by atoms with Crippen molar-refractivity contribution in [3.8, 4) is 10.6 Å². The molecular formula is C19H22N2O2S. The highest BCUT2D eigenvalue weighted by molar-refractivity contribution is 7.15. The fourth-order valence-corrected chi connectivity index (χ4v) is 3.97. The molecule has 0 bridgehead atoms. The second kappa shape index (κ2) is 7.18. The topological polar surface area (TPSA) is 42.4 Å². The third-order valence-corrected chi connectivity index (χ3v) is 5.72. The Morgan fingerprint density at radius 3 is 2.75 bits per heavy atom. The second-order valence-electron chi connectivity index (χ2n) is 6.04. The summed E-state index contributed by atoms with van der Waals surface area (Å²) in [6.45, 7) is 4.76. The molecule has 3 rings (SSSR count). The average molecular weight is 342 g/mol. The van der Waals surface area contributed by atoms with Gasteiger partial charge in [-0.05, 0) is 26.7 Å². The SMILES string of the molecule is Cc1nc(-c2ccccc2)sc1[C@@H](C)N(C)C(=O)C1=COCCC1. The number of carbonyl (C=O) groups is 1. The summed E-state index contributed by atoms with van der Waals surface area (Å²) in [7, 11) is 1.85. The molecule has 0 saturated heterocycles. The van der Waals surface area contributed by atoms with E-state index in [-0.39, 0.29) is 11.9 Å². The summed E-state index contributed by atoms with van der Waals surface area (Å²) in [5, 5.41) is 0.996. The van der Waals surface area contributed by atoms with Crippen molar-refractivity contribution in [1.29, 1.82) is 0 Å². The van der Waals surface area contributed by atoms with Gasteiger partial charge >= 0.3 is 0 Å². The lowest BCUT2D eigenvalue weighted by Gasteiger charge is -2.26. The number of likely N-dealkylation sites (N-methyl/N-ethyl adjacent to an activating group) is 1. The van der Waals surface area contributed by atoms with Crippen LogP contribution in [0.1, 0.15) is 36.4 Å². The molecule has 4 nitrogen and oxygen atoms in total. The molecule has 0 spiro atoms. The lowest BCUT2D eigenvalue weighted by atomic mass is 10.1. The molecule has 0 radical (unpaired) electrons. The molecule has 1 aromatic heterocycles. The van der Waals surface area contributed by atoms with Crippen LogP contribution < -0.4 is 0 Å². The summed E-state index contributed by atoms with van der Waals surface area (Å²) < 4.78 is 5.31. The van der Waals surface area contributed by atoms with Gasteiger partial charge in [0, 0.05) is 12.6 Å². The molecular weight excluding hydrogens is 320 g/mol. The molecule has 1 atom stereocenters. The number of amides is 1. The lowest BCUT2D eigenvalue weighted by molar-refractivity contribution is -0.128. The van der Waals surface area contributed by atoms with Gasteiger partial charge in [0.05, 0.1) is 35.1 Å². The van der Waals surface area contributed by atoms with E-state index in [0.717, 1.165) is 39.6 Å². The second-order valence-corrected chi connectivity index (χ2v) is 7.07. The van der Waals surface area contributed by atoms with E-state index in [1.165, 1.54) is 0 Å². The zero-order chi connectivity index (χ0) is 17.1.